The van der Waals surface area contributed by atoms with Crippen LogP contribution in [0, 0.1) is 0 Å². The van der Waals surface area contributed by atoms with Gasteiger partial charge in [0.05, 0.1) is 12.3 Å². The molecule has 0 saturated heterocycles. The van der Waals surface area contributed by atoms with Crippen molar-refractivity contribution in [3.05, 3.63) is 95.0 Å². The van der Waals surface area contributed by atoms with Crippen LogP contribution in [-0.2, 0) is 11.3 Å². The summed E-state index contributed by atoms with van der Waals surface area (Å²) in [7, 11) is 0. The molecule has 0 unspecified atom stereocenters. The van der Waals surface area contributed by atoms with Crippen LogP contribution >= 0.6 is 11.6 Å². The van der Waals surface area contributed by atoms with Crippen LogP contribution in [0.1, 0.15) is 24.1 Å². The molecule has 1 amide bonds. The third kappa shape index (κ3) is 5.12. The Morgan fingerprint density at radius 3 is 2.43 bits per heavy atom. The molecule has 0 saturated carbocycles. The van der Waals surface area contributed by atoms with Crippen molar-refractivity contribution in [1.29, 1.82) is 0 Å². The molecule has 0 aliphatic heterocycles. The number of rotatable bonds is 8. The number of halogens is 1. The Bertz CT molecular complexity index is 915. The predicted molar refractivity (Wildman–Crippen MR) is 113 cm³/mol. The van der Waals surface area contributed by atoms with Crippen LogP contribution in [0.15, 0.2) is 78.9 Å². The maximum Gasteiger partial charge on any atom is 0.287 e. The summed E-state index contributed by atoms with van der Waals surface area (Å²) in [6.45, 7) is 3.05. The van der Waals surface area contributed by atoms with Crippen LogP contribution in [0.2, 0.25) is 5.02 Å². The Morgan fingerprint density at radius 2 is 1.68 bits per heavy atom. The number of hydrogen-bond donors (Lipinski definition) is 2. The summed E-state index contributed by atoms with van der Waals surface area (Å²) in [6.07, 6.45) is 0. The Kier molecular flexibility index (Phi) is 7.06. The number of nitrogens with two attached hydrogens (primary N) is 1. The molecule has 5 heteroatoms. The zero-order valence-corrected chi connectivity index (χ0v) is 16.5. The summed E-state index contributed by atoms with van der Waals surface area (Å²) < 4.78 is 5.63. The van der Waals surface area contributed by atoms with Crippen molar-refractivity contribution in [2.45, 2.75) is 19.5 Å². The van der Waals surface area contributed by atoms with Crippen LogP contribution in [0.5, 0.6) is 5.75 Å². The van der Waals surface area contributed by atoms with Gasteiger partial charge < -0.3 is 15.4 Å². The van der Waals surface area contributed by atoms with E-state index in [1.54, 1.807) is 0 Å². The monoisotopic (exact) mass is 395 g/mol. The van der Waals surface area contributed by atoms with Gasteiger partial charge in [-0.2, -0.15) is 0 Å². The lowest BCUT2D eigenvalue weighted by molar-refractivity contribution is -0.697. The van der Waals surface area contributed by atoms with E-state index in [9.17, 15) is 4.79 Å². The minimum Gasteiger partial charge on any atom is -0.492 e. The molecule has 3 aromatic carbocycles. The lowest BCUT2D eigenvalue weighted by Crippen LogP contribution is -2.85. The number of quaternary nitrogens is 1. The van der Waals surface area contributed by atoms with Crippen LogP contribution in [-0.4, -0.2) is 12.5 Å². The van der Waals surface area contributed by atoms with Gasteiger partial charge in [-0.05, 0) is 25.1 Å². The topological polar surface area (TPSA) is 54.9 Å². The van der Waals surface area contributed by atoms with Crippen molar-refractivity contribution < 1.29 is 14.8 Å². The van der Waals surface area contributed by atoms with Gasteiger partial charge in [-0.25, -0.2) is 0 Å². The fraction of sp³-hybridized carbons (Fsp3) is 0.174. The van der Waals surface area contributed by atoms with Crippen molar-refractivity contribution in [2.24, 2.45) is 0 Å². The Morgan fingerprint density at radius 1 is 1.00 bits per heavy atom. The maximum absolute atomic E-state index is 13.1. The molecule has 0 spiro atoms. The van der Waals surface area contributed by atoms with Gasteiger partial charge in [0.1, 0.15) is 12.3 Å². The first-order valence-electron chi connectivity index (χ1n) is 9.33. The van der Waals surface area contributed by atoms with Gasteiger partial charge in [-0.15, -0.1) is 0 Å². The molecule has 0 aliphatic carbocycles. The molecule has 0 aliphatic rings. The van der Waals surface area contributed by atoms with Crippen LogP contribution < -0.4 is 15.4 Å². The molecule has 0 aromatic heterocycles. The minimum absolute atomic E-state index is 0.106. The molecular weight excluding hydrogens is 372 g/mol. The quantitative estimate of drug-likeness (QED) is 0.601. The largest absolute Gasteiger partial charge is 0.492 e. The van der Waals surface area contributed by atoms with E-state index in [0.29, 0.717) is 29.6 Å². The number of ether oxygens (including phenoxy) is 1. The van der Waals surface area contributed by atoms with Gasteiger partial charge in [0, 0.05) is 16.1 Å². The molecule has 3 rings (SSSR count). The van der Waals surface area contributed by atoms with Crippen molar-refractivity contribution in [3.8, 4) is 5.75 Å². The number of para-hydroxylation sites is 2. The highest BCUT2D eigenvalue weighted by atomic mass is 35.5. The molecule has 0 fully saturated rings. The smallest absolute Gasteiger partial charge is 0.287 e. The van der Waals surface area contributed by atoms with Crippen LogP contribution in [0.3, 0.4) is 0 Å². The van der Waals surface area contributed by atoms with E-state index in [1.165, 1.54) is 0 Å². The van der Waals surface area contributed by atoms with E-state index in [4.69, 9.17) is 16.3 Å². The van der Waals surface area contributed by atoms with Crippen LogP contribution in [0.4, 0.5) is 5.69 Å². The van der Waals surface area contributed by atoms with E-state index in [1.807, 2.05) is 91.1 Å². The zero-order chi connectivity index (χ0) is 19.8. The van der Waals surface area contributed by atoms with Crippen LogP contribution in [0.25, 0.3) is 0 Å². The second-order valence-electron chi connectivity index (χ2n) is 6.34. The second kappa shape index (κ2) is 9.93. The number of carbonyl (C=O) groups is 1. The van der Waals surface area contributed by atoms with Crippen molar-refractivity contribution in [1.82, 2.24) is 0 Å². The van der Waals surface area contributed by atoms with E-state index in [-0.39, 0.29) is 5.91 Å². The third-order valence-corrected chi connectivity index (χ3v) is 4.79. The number of hydrogen-bond acceptors (Lipinski definition) is 2. The van der Waals surface area contributed by atoms with E-state index in [2.05, 4.69) is 5.32 Å². The fourth-order valence-corrected chi connectivity index (χ4v) is 3.24. The van der Waals surface area contributed by atoms with Gasteiger partial charge in [-0.3, -0.25) is 4.79 Å². The summed E-state index contributed by atoms with van der Waals surface area (Å²) in [5.41, 5.74) is 2.59. The zero-order valence-electron chi connectivity index (χ0n) is 15.8. The summed E-state index contributed by atoms with van der Waals surface area (Å²) >= 11 is 6.28. The Labute approximate surface area is 170 Å². The second-order valence-corrected chi connectivity index (χ2v) is 6.75. The average Bonchev–Trinajstić information content (AvgIpc) is 2.72. The first-order chi connectivity index (χ1) is 13.7. The maximum atomic E-state index is 13.1. The highest BCUT2D eigenvalue weighted by Gasteiger charge is 2.25. The number of benzene rings is 3. The van der Waals surface area contributed by atoms with Crippen molar-refractivity contribution in [2.75, 3.05) is 11.9 Å². The lowest BCUT2D eigenvalue weighted by atomic mass is 10.1. The molecule has 0 bridgehead atoms. The lowest BCUT2D eigenvalue weighted by Gasteiger charge is -2.18. The third-order valence-electron chi connectivity index (χ3n) is 4.42. The summed E-state index contributed by atoms with van der Waals surface area (Å²) in [6, 6.07) is 24.5. The minimum atomic E-state index is -0.410. The molecule has 0 radical (unpaired) electrons. The molecule has 3 aromatic rings. The van der Waals surface area contributed by atoms with Gasteiger partial charge in [0.15, 0.2) is 6.04 Å². The molecule has 144 valence electrons. The van der Waals surface area contributed by atoms with Gasteiger partial charge in [-0.1, -0.05) is 72.3 Å². The summed E-state index contributed by atoms with van der Waals surface area (Å²) in [4.78, 5) is 13.1. The first-order valence-corrected chi connectivity index (χ1v) is 9.71. The van der Waals surface area contributed by atoms with Gasteiger partial charge in [0.25, 0.3) is 5.91 Å². The number of anilines is 1. The molecule has 28 heavy (non-hydrogen) atoms. The average molecular weight is 396 g/mol. The van der Waals surface area contributed by atoms with Gasteiger partial charge >= 0.3 is 0 Å². The SMILES string of the molecule is CCOc1ccccc1NC(=O)[C@@H]([NH2+]Cc1ccccc1Cl)c1ccccc1. The fourth-order valence-electron chi connectivity index (χ4n) is 3.03. The summed E-state index contributed by atoms with van der Waals surface area (Å²) in [5.74, 6) is 0.557. The van der Waals surface area contributed by atoms with Crippen molar-refractivity contribution in [3.63, 3.8) is 0 Å². The van der Waals surface area contributed by atoms with E-state index in [0.717, 1.165) is 11.1 Å². The van der Waals surface area contributed by atoms with Gasteiger partial charge in [0.2, 0.25) is 0 Å². The predicted octanol–water partition coefficient (Wildman–Crippen LogP) is 4.18. The number of carbonyl (C=O) groups excluding carboxylic acids is 1. The molecule has 1 atom stereocenters. The highest BCUT2D eigenvalue weighted by Crippen LogP contribution is 2.25. The molecular formula is C23H24ClN2O2+. The van der Waals surface area contributed by atoms with E-state index < -0.39 is 6.04 Å². The number of nitrogens with one attached hydrogen (secondary N) is 1. The normalized spacial score (nSPS) is 11.6. The molecule has 4 nitrogen and oxygen atoms in total. The standard InChI is InChI=1S/C23H23ClN2O2/c1-2-28-21-15-9-8-14-20(21)26-23(27)22(17-10-4-3-5-11-17)25-16-18-12-6-7-13-19(18)24/h3-15,22,25H,2,16H2,1H3,(H,26,27)/p+1/t22-/m0/s1. The highest BCUT2D eigenvalue weighted by molar-refractivity contribution is 6.31. The molecule has 0 heterocycles. The van der Waals surface area contributed by atoms with E-state index >= 15 is 0 Å². The molecule has 3 N–H and O–H groups in total. The number of amides is 1. The Hall–Kier alpha value is -2.82. The summed E-state index contributed by atoms with van der Waals surface area (Å²) in [5, 5.41) is 5.71. The van der Waals surface area contributed by atoms with Crippen molar-refractivity contribution >= 4 is 23.2 Å². The first kappa shape index (κ1) is 19.9. The Balaban J connectivity index is 1.81.